The van der Waals surface area contributed by atoms with Crippen LogP contribution in [-0.2, 0) is 19.2 Å². The second-order valence-corrected chi connectivity index (χ2v) is 6.21. The molecular weight excluding hydrogens is 288 g/mol. The average Bonchev–Trinajstić information content (AvgIpc) is 2.80. The zero-order chi connectivity index (χ0) is 14.2. The first-order chi connectivity index (χ1) is 9.01. The molecule has 8 heteroatoms. The van der Waals surface area contributed by atoms with Crippen LogP contribution in [0.1, 0.15) is 19.8 Å². The molecule has 4 amide bonds. The minimum Gasteiger partial charge on any atom is -0.273 e. The number of hydrogen-bond donors (Lipinski definition) is 0. The van der Waals surface area contributed by atoms with Crippen molar-refractivity contribution in [3.63, 3.8) is 0 Å². The van der Waals surface area contributed by atoms with Crippen LogP contribution in [0, 0.1) is 11.8 Å². The van der Waals surface area contributed by atoms with Gasteiger partial charge in [-0.25, -0.2) is 8.61 Å². The van der Waals surface area contributed by atoms with Gasteiger partial charge in [0.05, 0.1) is 11.8 Å². The Morgan fingerprint density at radius 3 is 1.89 bits per heavy atom. The lowest BCUT2D eigenvalue weighted by atomic mass is 9.89. The highest BCUT2D eigenvalue weighted by Gasteiger charge is 2.51. The van der Waals surface area contributed by atoms with Gasteiger partial charge >= 0.3 is 0 Å². The molecule has 0 N–H and O–H groups in total. The minimum absolute atomic E-state index is 0.0218. The zero-order valence-electron chi connectivity index (χ0n) is 10.6. The molecule has 2 aliphatic heterocycles. The van der Waals surface area contributed by atoms with Crippen LogP contribution in [0.3, 0.4) is 0 Å². The number of hydrogen-bond acceptors (Lipinski definition) is 6. The largest absolute Gasteiger partial charge is 0.273 e. The van der Waals surface area contributed by atoms with Gasteiger partial charge in [0.1, 0.15) is 0 Å². The SMILES string of the molecule is CCSN1C(=O)CC(C2CC(=O)N(SC)C2=O)C1=O. The monoisotopic (exact) mass is 302 g/mol. The molecule has 19 heavy (non-hydrogen) atoms. The Morgan fingerprint density at radius 1 is 1.00 bits per heavy atom. The highest BCUT2D eigenvalue weighted by Crippen LogP contribution is 2.38. The van der Waals surface area contributed by atoms with Crippen molar-refractivity contribution in [1.29, 1.82) is 0 Å². The summed E-state index contributed by atoms with van der Waals surface area (Å²) < 4.78 is 2.21. The van der Waals surface area contributed by atoms with E-state index in [0.717, 1.165) is 32.5 Å². The molecule has 2 fully saturated rings. The summed E-state index contributed by atoms with van der Waals surface area (Å²) in [6.45, 7) is 1.85. The fourth-order valence-corrected chi connectivity index (χ4v) is 3.68. The molecule has 0 bridgehead atoms. The van der Waals surface area contributed by atoms with Crippen LogP contribution >= 0.6 is 23.9 Å². The van der Waals surface area contributed by atoms with Gasteiger partial charge in [0.15, 0.2) is 0 Å². The predicted octanol–water partition coefficient (Wildman–Crippen LogP) is 0.683. The Labute approximate surface area is 119 Å². The van der Waals surface area contributed by atoms with Gasteiger partial charge in [-0.3, -0.25) is 19.2 Å². The third-order valence-corrected chi connectivity index (χ3v) is 4.85. The Hall–Kier alpha value is -1.02. The van der Waals surface area contributed by atoms with Gasteiger partial charge in [0.2, 0.25) is 23.6 Å². The fraction of sp³-hybridized carbons (Fsp3) is 0.636. The van der Waals surface area contributed by atoms with Crippen molar-refractivity contribution in [2.45, 2.75) is 19.8 Å². The predicted molar refractivity (Wildman–Crippen MR) is 71.6 cm³/mol. The Kier molecular flexibility index (Phi) is 4.19. The maximum absolute atomic E-state index is 12.1. The van der Waals surface area contributed by atoms with Crippen LogP contribution in [0.5, 0.6) is 0 Å². The van der Waals surface area contributed by atoms with Crippen molar-refractivity contribution in [1.82, 2.24) is 8.61 Å². The standard InChI is InChI=1S/C11H14N2O4S2/c1-3-19-13-9(15)5-7(11(13)17)6-4-8(14)12(18-2)10(6)16/h6-7H,3-5H2,1-2H3. The summed E-state index contributed by atoms with van der Waals surface area (Å²) in [5.41, 5.74) is 0. The first kappa shape index (κ1) is 14.4. The molecule has 0 radical (unpaired) electrons. The summed E-state index contributed by atoms with van der Waals surface area (Å²) in [6.07, 6.45) is 1.69. The average molecular weight is 302 g/mol. The summed E-state index contributed by atoms with van der Waals surface area (Å²) in [6, 6.07) is 0. The van der Waals surface area contributed by atoms with Crippen molar-refractivity contribution < 1.29 is 19.2 Å². The van der Waals surface area contributed by atoms with Gasteiger partial charge in [0.25, 0.3) is 0 Å². The van der Waals surface area contributed by atoms with Crippen LogP contribution in [0.25, 0.3) is 0 Å². The van der Waals surface area contributed by atoms with Crippen molar-refractivity contribution in [3.05, 3.63) is 0 Å². The van der Waals surface area contributed by atoms with E-state index >= 15 is 0 Å². The first-order valence-corrected chi connectivity index (χ1v) is 8.04. The van der Waals surface area contributed by atoms with E-state index in [-0.39, 0.29) is 36.5 Å². The van der Waals surface area contributed by atoms with E-state index in [1.165, 1.54) is 0 Å². The lowest BCUT2D eigenvalue weighted by molar-refractivity contribution is -0.138. The van der Waals surface area contributed by atoms with E-state index in [2.05, 4.69) is 0 Å². The molecule has 2 atom stereocenters. The highest BCUT2D eigenvalue weighted by atomic mass is 32.2. The van der Waals surface area contributed by atoms with Crippen molar-refractivity contribution in [2.24, 2.45) is 11.8 Å². The summed E-state index contributed by atoms with van der Waals surface area (Å²) >= 11 is 2.19. The number of imide groups is 2. The van der Waals surface area contributed by atoms with Crippen LogP contribution in [0.2, 0.25) is 0 Å². The van der Waals surface area contributed by atoms with Gasteiger partial charge in [-0.2, -0.15) is 0 Å². The van der Waals surface area contributed by atoms with E-state index in [9.17, 15) is 19.2 Å². The molecular formula is C11H14N2O4S2. The molecule has 0 aromatic heterocycles. The van der Waals surface area contributed by atoms with Gasteiger partial charge < -0.3 is 0 Å². The third kappa shape index (κ3) is 2.38. The number of amides is 4. The lowest BCUT2D eigenvalue weighted by Crippen LogP contribution is -2.31. The van der Waals surface area contributed by atoms with E-state index in [0.29, 0.717) is 5.75 Å². The van der Waals surface area contributed by atoms with Gasteiger partial charge in [-0.1, -0.05) is 6.92 Å². The number of nitrogens with zero attached hydrogens (tertiary/aromatic N) is 2. The number of carbonyl (C=O) groups is 4. The van der Waals surface area contributed by atoms with Gasteiger partial charge in [-0.15, -0.1) is 0 Å². The molecule has 0 aromatic rings. The number of rotatable bonds is 4. The van der Waals surface area contributed by atoms with Crippen LogP contribution in [-0.4, -0.2) is 44.2 Å². The van der Waals surface area contributed by atoms with Crippen LogP contribution < -0.4 is 0 Å². The molecule has 2 unspecified atom stereocenters. The normalized spacial score (nSPS) is 27.9. The number of carbonyl (C=O) groups excluding carboxylic acids is 4. The zero-order valence-corrected chi connectivity index (χ0v) is 12.3. The molecule has 0 spiro atoms. The molecule has 2 heterocycles. The van der Waals surface area contributed by atoms with Crippen molar-refractivity contribution >= 4 is 47.5 Å². The molecule has 0 aromatic carbocycles. The van der Waals surface area contributed by atoms with Crippen molar-refractivity contribution in [2.75, 3.05) is 12.0 Å². The molecule has 2 rings (SSSR count). The Morgan fingerprint density at radius 2 is 1.47 bits per heavy atom. The quantitative estimate of drug-likeness (QED) is 0.561. The lowest BCUT2D eigenvalue weighted by Gasteiger charge is -2.15. The summed E-state index contributed by atoms with van der Waals surface area (Å²) in [5, 5.41) is 0. The summed E-state index contributed by atoms with van der Waals surface area (Å²) in [4.78, 5) is 47.6. The van der Waals surface area contributed by atoms with E-state index in [1.807, 2.05) is 6.92 Å². The third-order valence-electron chi connectivity index (χ3n) is 3.20. The summed E-state index contributed by atoms with van der Waals surface area (Å²) in [7, 11) is 0. The van der Waals surface area contributed by atoms with Crippen molar-refractivity contribution in [3.8, 4) is 0 Å². The molecule has 104 valence electrons. The topological polar surface area (TPSA) is 74.8 Å². The fourth-order valence-electron chi connectivity index (χ4n) is 2.35. The van der Waals surface area contributed by atoms with E-state index in [4.69, 9.17) is 0 Å². The highest BCUT2D eigenvalue weighted by molar-refractivity contribution is 7.98. The molecule has 0 aliphatic carbocycles. The van der Waals surface area contributed by atoms with Gasteiger partial charge in [0, 0.05) is 24.9 Å². The molecule has 6 nitrogen and oxygen atoms in total. The smallest absolute Gasteiger partial charge is 0.243 e. The molecule has 2 aliphatic rings. The van der Waals surface area contributed by atoms with E-state index in [1.54, 1.807) is 6.26 Å². The molecule has 0 saturated carbocycles. The van der Waals surface area contributed by atoms with Gasteiger partial charge in [-0.05, 0) is 23.9 Å². The van der Waals surface area contributed by atoms with E-state index < -0.39 is 11.8 Å². The Bertz CT molecular complexity index is 454. The second-order valence-electron chi connectivity index (χ2n) is 4.27. The second kappa shape index (κ2) is 5.54. The Balaban J connectivity index is 2.16. The molecule has 2 saturated heterocycles. The van der Waals surface area contributed by atoms with Crippen LogP contribution in [0.4, 0.5) is 0 Å². The maximum Gasteiger partial charge on any atom is 0.243 e. The maximum atomic E-state index is 12.1. The summed E-state index contributed by atoms with van der Waals surface area (Å²) in [5.74, 6) is -2.01. The first-order valence-electron chi connectivity index (χ1n) is 5.91. The van der Waals surface area contributed by atoms with Crippen LogP contribution in [0.15, 0.2) is 0 Å². The minimum atomic E-state index is -0.682.